The molecule has 0 saturated carbocycles. The Bertz CT molecular complexity index is 620. The van der Waals surface area contributed by atoms with Crippen LogP contribution in [0.15, 0.2) is 34.7 Å². The van der Waals surface area contributed by atoms with Crippen molar-refractivity contribution < 1.29 is 9.21 Å². The predicted octanol–water partition coefficient (Wildman–Crippen LogP) is 2.25. The molecule has 3 rings (SSSR count). The molecule has 1 N–H and O–H groups in total. The van der Waals surface area contributed by atoms with Crippen LogP contribution in [0.1, 0.15) is 18.2 Å². The van der Waals surface area contributed by atoms with Gasteiger partial charge in [-0.05, 0) is 24.4 Å². The van der Waals surface area contributed by atoms with Gasteiger partial charge in [0.2, 0.25) is 11.8 Å². The van der Waals surface area contributed by atoms with E-state index in [0.29, 0.717) is 18.9 Å². The van der Waals surface area contributed by atoms with Gasteiger partial charge in [-0.3, -0.25) is 4.79 Å². The average Bonchev–Trinajstić information content (AvgIpc) is 2.97. The summed E-state index contributed by atoms with van der Waals surface area (Å²) in [4.78, 5) is 14.0. The Morgan fingerprint density at radius 2 is 2.17 bits per heavy atom. The van der Waals surface area contributed by atoms with Crippen LogP contribution in [-0.4, -0.2) is 22.6 Å². The van der Waals surface area contributed by atoms with Gasteiger partial charge in [-0.25, -0.2) is 5.10 Å². The normalized spacial score (nSPS) is 19.4. The van der Waals surface area contributed by atoms with Gasteiger partial charge in [0.05, 0.1) is 5.92 Å². The molecule has 0 spiro atoms. The van der Waals surface area contributed by atoms with E-state index in [1.165, 1.54) is 0 Å². The summed E-state index contributed by atoms with van der Waals surface area (Å²) in [5.41, 5.74) is 0.902. The van der Waals surface area contributed by atoms with E-state index in [4.69, 9.17) is 16.6 Å². The molecule has 1 atom stereocenters. The molecular formula is C12H11N3O2S. The minimum Gasteiger partial charge on any atom is -0.414 e. The number of aromatic nitrogens is 2. The van der Waals surface area contributed by atoms with Crippen LogP contribution < -0.4 is 4.90 Å². The first kappa shape index (κ1) is 11.2. The molecule has 6 heteroatoms. The molecule has 1 fully saturated rings. The Labute approximate surface area is 108 Å². The van der Waals surface area contributed by atoms with E-state index in [1.54, 1.807) is 4.90 Å². The number of anilines is 1. The molecule has 2 aromatic rings. The Balaban J connectivity index is 1.85. The van der Waals surface area contributed by atoms with Crippen molar-refractivity contribution in [1.82, 2.24) is 10.2 Å². The minimum atomic E-state index is -0.0364. The van der Waals surface area contributed by atoms with E-state index >= 15 is 0 Å². The lowest BCUT2D eigenvalue weighted by Crippen LogP contribution is -2.24. The predicted molar refractivity (Wildman–Crippen MR) is 67.8 cm³/mol. The zero-order valence-corrected chi connectivity index (χ0v) is 10.3. The molecule has 1 aromatic carbocycles. The first-order chi connectivity index (χ1) is 8.74. The molecule has 0 unspecified atom stereocenters. The second-order valence-electron chi connectivity index (χ2n) is 4.19. The van der Waals surface area contributed by atoms with Crippen molar-refractivity contribution in [2.24, 2.45) is 0 Å². The van der Waals surface area contributed by atoms with E-state index in [-0.39, 0.29) is 16.7 Å². The fourth-order valence-electron chi connectivity index (χ4n) is 2.15. The van der Waals surface area contributed by atoms with Crippen LogP contribution in [0.5, 0.6) is 0 Å². The Hall–Kier alpha value is -1.95. The summed E-state index contributed by atoms with van der Waals surface area (Å²) in [6, 6.07) is 9.58. The molecule has 1 saturated heterocycles. The summed E-state index contributed by atoms with van der Waals surface area (Å²) in [5.74, 6) is 0.549. The van der Waals surface area contributed by atoms with Crippen LogP contribution in [0.25, 0.3) is 0 Å². The van der Waals surface area contributed by atoms with Gasteiger partial charge in [0.25, 0.3) is 4.84 Å². The highest BCUT2D eigenvalue weighted by Crippen LogP contribution is 2.30. The standard InChI is InChI=1S/C12H11N3O2S/c16-10-6-8(11-13-14-12(18)17-11)7-15(10)9-4-2-1-3-5-9/h1-5,8H,6-7H2,(H,14,18)/t8-/m0/s1. The molecule has 18 heavy (non-hydrogen) atoms. The highest BCUT2D eigenvalue weighted by atomic mass is 32.1. The van der Waals surface area contributed by atoms with Crippen LogP contribution >= 0.6 is 12.2 Å². The van der Waals surface area contributed by atoms with Crippen LogP contribution in [0.3, 0.4) is 0 Å². The highest BCUT2D eigenvalue weighted by molar-refractivity contribution is 7.71. The molecule has 92 valence electrons. The number of nitrogens with one attached hydrogen (secondary N) is 1. The van der Waals surface area contributed by atoms with Crippen LogP contribution in [0.2, 0.25) is 0 Å². The number of rotatable bonds is 2. The summed E-state index contributed by atoms with van der Waals surface area (Å²) in [6.45, 7) is 0.575. The summed E-state index contributed by atoms with van der Waals surface area (Å²) in [5, 5.41) is 6.57. The molecule has 1 aromatic heterocycles. The molecule has 1 aliphatic rings. The van der Waals surface area contributed by atoms with Gasteiger partial charge < -0.3 is 9.32 Å². The number of carbonyl (C=O) groups is 1. The number of carbonyl (C=O) groups excluding carboxylic acids is 1. The van der Waals surface area contributed by atoms with Crippen molar-refractivity contribution in [2.45, 2.75) is 12.3 Å². The zero-order chi connectivity index (χ0) is 12.5. The third kappa shape index (κ3) is 1.95. The largest absolute Gasteiger partial charge is 0.414 e. The quantitative estimate of drug-likeness (QED) is 0.842. The van der Waals surface area contributed by atoms with Crippen molar-refractivity contribution in [3.63, 3.8) is 0 Å². The topological polar surface area (TPSA) is 62.1 Å². The lowest BCUT2D eigenvalue weighted by atomic mass is 10.1. The zero-order valence-electron chi connectivity index (χ0n) is 9.50. The monoisotopic (exact) mass is 261 g/mol. The number of aromatic amines is 1. The maximum Gasteiger partial charge on any atom is 0.284 e. The molecular weight excluding hydrogens is 250 g/mol. The smallest absolute Gasteiger partial charge is 0.284 e. The molecule has 0 radical (unpaired) electrons. The van der Waals surface area contributed by atoms with Gasteiger partial charge in [0, 0.05) is 18.7 Å². The maximum atomic E-state index is 12.0. The van der Waals surface area contributed by atoms with Crippen molar-refractivity contribution in [3.05, 3.63) is 41.1 Å². The average molecular weight is 261 g/mol. The van der Waals surface area contributed by atoms with E-state index in [0.717, 1.165) is 5.69 Å². The summed E-state index contributed by atoms with van der Waals surface area (Å²) < 4.78 is 5.27. The number of para-hydroxylation sites is 1. The van der Waals surface area contributed by atoms with E-state index in [9.17, 15) is 4.79 Å². The number of H-pyrrole nitrogens is 1. The van der Waals surface area contributed by atoms with Crippen molar-refractivity contribution in [1.29, 1.82) is 0 Å². The van der Waals surface area contributed by atoms with E-state index < -0.39 is 0 Å². The number of nitrogens with zero attached hydrogens (tertiary/aromatic N) is 2. The second kappa shape index (κ2) is 4.38. The molecule has 0 bridgehead atoms. The SMILES string of the molecule is O=C1C[C@H](c2n[nH]c(=S)o2)CN1c1ccccc1. The Morgan fingerprint density at radius 1 is 1.39 bits per heavy atom. The van der Waals surface area contributed by atoms with Crippen LogP contribution in [0.4, 0.5) is 5.69 Å². The minimum absolute atomic E-state index is 0.0364. The highest BCUT2D eigenvalue weighted by Gasteiger charge is 2.34. The summed E-state index contributed by atoms with van der Waals surface area (Å²) in [7, 11) is 0. The Kier molecular flexibility index (Phi) is 2.71. The van der Waals surface area contributed by atoms with Gasteiger partial charge in [0.15, 0.2) is 0 Å². The number of hydrogen-bond acceptors (Lipinski definition) is 4. The van der Waals surface area contributed by atoms with Gasteiger partial charge in [0.1, 0.15) is 0 Å². The third-order valence-electron chi connectivity index (χ3n) is 3.00. The van der Waals surface area contributed by atoms with Crippen molar-refractivity contribution in [3.8, 4) is 0 Å². The van der Waals surface area contributed by atoms with E-state index in [2.05, 4.69) is 10.2 Å². The van der Waals surface area contributed by atoms with Gasteiger partial charge in [-0.15, -0.1) is 5.10 Å². The number of hydrogen-bond donors (Lipinski definition) is 1. The van der Waals surface area contributed by atoms with E-state index in [1.807, 2.05) is 30.3 Å². The van der Waals surface area contributed by atoms with Gasteiger partial charge >= 0.3 is 0 Å². The van der Waals surface area contributed by atoms with Gasteiger partial charge in [-0.1, -0.05) is 18.2 Å². The maximum absolute atomic E-state index is 12.0. The Morgan fingerprint density at radius 3 is 2.83 bits per heavy atom. The van der Waals surface area contributed by atoms with Crippen LogP contribution in [0, 0.1) is 4.84 Å². The third-order valence-corrected chi connectivity index (χ3v) is 3.17. The molecule has 1 aliphatic heterocycles. The fraction of sp³-hybridized carbons (Fsp3) is 0.250. The summed E-state index contributed by atoms with van der Waals surface area (Å²) >= 11 is 4.84. The number of benzene rings is 1. The first-order valence-electron chi connectivity index (χ1n) is 5.65. The summed E-state index contributed by atoms with van der Waals surface area (Å²) in [6.07, 6.45) is 0.401. The molecule has 2 heterocycles. The molecule has 5 nitrogen and oxygen atoms in total. The fourth-order valence-corrected chi connectivity index (χ4v) is 2.28. The first-order valence-corrected chi connectivity index (χ1v) is 6.05. The van der Waals surface area contributed by atoms with Gasteiger partial charge in [-0.2, -0.15) is 0 Å². The molecule has 0 aliphatic carbocycles. The van der Waals surface area contributed by atoms with Crippen LogP contribution in [-0.2, 0) is 4.79 Å². The molecule has 1 amide bonds. The van der Waals surface area contributed by atoms with Crippen molar-refractivity contribution >= 4 is 23.8 Å². The second-order valence-corrected chi connectivity index (χ2v) is 4.56. The lowest BCUT2D eigenvalue weighted by molar-refractivity contribution is -0.117. The lowest BCUT2D eigenvalue weighted by Gasteiger charge is -2.15. The number of amides is 1. The van der Waals surface area contributed by atoms with Crippen molar-refractivity contribution in [2.75, 3.05) is 11.4 Å².